The van der Waals surface area contributed by atoms with Gasteiger partial charge in [0.2, 0.25) is 5.91 Å². The van der Waals surface area contributed by atoms with E-state index < -0.39 is 17.5 Å². The van der Waals surface area contributed by atoms with Gasteiger partial charge in [-0.25, -0.2) is 4.79 Å². The second-order valence-corrected chi connectivity index (χ2v) is 6.38. The van der Waals surface area contributed by atoms with Crippen LogP contribution in [0.25, 0.3) is 0 Å². The molecule has 2 aliphatic rings. The Bertz CT molecular complexity index is 733. The van der Waals surface area contributed by atoms with Crippen LogP contribution in [0.2, 0.25) is 0 Å². The zero-order chi connectivity index (χ0) is 17.3. The largest absolute Gasteiger partial charge is 0.325 e. The number of carbonyl (C=O) groups excluding carboxylic acids is 3. The smallest absolute Gasteiger partial charge is 0.325 e. The van der Waals surface area contributed by atoms with Gasteiger partial charge in [0, 0.05) is 5.69 Å². The molecule has 1 atom stereocenters. The molecule has 1 saturated heterocycles. The minimum absolute atomic E-state index is 0.162. The van der Waals surface area contributed by atoms with E-state index >= 15 is 0 Å². The summed E-state index contributed by atoms with van der Waals surface area (Å²) in [4.78, 5) is 37.6. The molecular weight excluding hydrogens is 308 g/mol. The van der Waals surface area contributed by atoms with Crippen LogP contribution in [0.15, 0.2) is 24.3 Å². The van der Waals surface area contributed by atoms with Crippen LogP contribution < -0.4 is 10.6 Å². The van der Waals surface area contributed by atoms with Crippen LogP contribution in [-0.2, 0) is 16.0 Å². The summed E-state index contributed by atoms with van der Waals surface area (Å²) in [7, 11) is 0. The molecule has 1 unspecified atom stereocenters. The minimum Gasteiger partial charge on any atom is -0.325 e. The van der Waals surface area contributed by atoms with Gasteiger partial charge in [-0.1, -0.05) is 12.1 Å². The molecule has 2 fully saturated rings. The summed E-state index contributed by atoms with van der Waals surface area (Å²) in [6.45, 7) is 1.41. The number of hydrogen-bond donors (Lipinski definition) is 2. The molecule has 0 aromatic heterocycles. The predicted molar refractivity (Wildman–Crippen MR) is 85.8 cm³/mol. The van der Waals surface area contributed by atoms with Crippen molar-refractivity contribution in [1.82, 2.24) is 10.2 Å². The first-order valence-corrected chi connectivity index (χ1v) is 7.84. The van der Waals surface area contributed by atoms with Crippen LogP contribution >= 0.6 is 0 Å². The number of imide groups is 1. The van der Waals surface area contributed by atoms with Gasteiger partial charge in [-0.15, -0.1) is 0 Å². The summed E-state index contributed by atoms with van der Waals surface area (Å²) in [6, 6.07) is 8.39. The highest BCUT2D eigenvalue weighted by Crippen LogP contribution is 2.42. The van der Waals surface area contributed by atoms with E-state index in [0.29, 0.717) is 12.1 Å². The third kappa shape index (κ3) is 2.95. The molecule has 2 N–H and O–H groups in total. The van der Waals surface area contributed by atoms with Crippen molar-refractivity contribution < 1.29 is 14.4 Å². The van der Waals surface area contributed by atoms with Crippen molar-refractivity contribution in [3.63, 3.8) is 0 Å². The van der Waals surface area contributed by atoms with E-state index in [0.717, 1.165) is 23.3 Å². The van der Waals surface area contributed by atoms with Crippen LogP contribution in [0.3, 0.4) is 0 Å². The van der Waals surface area contributed by atoms with Crippen molar-refractivity contribution in [3.8, 4) is 6.07 Å². The molecule has 1 saturated carbocycles. The van der Waals surface area contributed by atoms with Crippen LogP contribution in [0, 0.1) is 17.2 Å². The number of amides is 4. The third-order valence-electron chi connectivity index (χ3n) is 4.52. The van der Waals surface area contributed by atoms with E-state index in [4.69, 9.17) is 5.26 Å². The Morgan fingerprint density at radius 1 is 1.38 bits per heavy atom. The molecule has 0 radical (unpaired) electrons. The maximum absolute atomic E-state index is 12.5. The third-order valence-corrected chi connectivity index (χ3v) is 4.52. The lowest BCUT2D eigenvalue weighted by Gasteiger charge is -2.20. The number of rotatable bonds is 5. The number of nitriles is 1. The van der Waals surface area contributed by atoms with Crippen LogP contribution in [0.1, 0.15) is 25.3 Å². The van der Waals surface area contributed by atoms with Crippen LogP contribution in [0.4, 0.5) is 10.5 Å². The average molecular weight is 326 g/mol. The highest BCUT2D eigenvalue weighted by molar-refractivity contribution is 6.10. The predicted octanol–water partition coefficient (Wildman–Crippen LogP) is 1.41. The van der Waals surface area contributed by atoms with E-state index in [1.807, 2.05) is 6.07 Å². The monoisotopic (exact) mass is 326 g/mol. The maximum Gasteiger partial charge on any atom is 0.325 e. The van der Waals surface area contributed by atoms with Crippen LogP contribution in [0.5, 0.6) is 0 Å². The molecule has 1 aromatic rings. The average Bonchev–Trinajstić information content (AvgIpc) is 3.36. The molecule has 24 heavy (non-hydrogen) atoms. The number of urea groups is 1. The second-order valence-electron chi connectivity index (χ2n) is 6.38. The van der Waals surface area contributed by atoms with Crippen molar-refractivity contribution >= 4 is 23.5 Å². The number of hydrogen-bond acceptors (Lipinski definition) is 4. The van der Waals surface area contributed by atoms with Crippen molar-refractivity contribution in [2.75, 3.05) is 11.9 Å². The van der Waals surface area contributed by atoms with Gasteiger partial charge in [0.05, 0.1) is 12.5 Å². The molecule has 1 aliphatic heterocycles. The van der Waals surface area contributed by atoms with Crippen molar-refractivity contribution in [2.45, 2.75) is 31.7 Å². The molecule has 0 spiro atoms. The molecule has 7 heteroatoms. The minimum atomic E-state index is -0.879. The Hall–Kier alpha value is -2.88. The molecule has 1 aliphatic carbocycles. The zero-order valence-corrected chi connectivity index (χ0v) is 13.3. The summed E-state index contributed by atoms with van der Waals surface area (Å²) in [6.07, 6.45) is 2.13. The van der Waals surface area contributed by atoms with E-state index in [2.05, 4.69) is 10.6 Å². The molecule has 4 amide bonds. The Balaban J connectivity index is 1.61. The highest BCUT2D eigenvalue weighted by atomic mass is 16.2. The van der Waals surface area contributed by atoms with E-state index in [-0.39, 0.29) is 18.4 Å². The van der Waals surface area contributed by atoms with Crippen molar-refractivity contribution in [1.29, 1.82) is 5.26 Å². The summed E-state index contributed by atoms with van der Waals surface area (Å²) in [5.74, 6) is -0.615. The van der Waals surface area contributed by atoms with E-state index in [1.54, 1.807) is 31.2 Å². The topological polar surface area (TPSA) is 102 Å². The molecule has 7 nitrogen and oxygen atoms in total. The van der Waals surface area contributed by atoms with E-state index in [9.17, 15) is 14.4 Å². The molecule has 1 aromatic carbocycles. The van der Waals surface area contributed by atoms with Gasteiger partial charge in [-0.05, 0) is 43.4 Å². The number of nitrogens with one attached hydrogen (secondary N) is 2. The Labute approximate surface area is 139 Å². The first-order valence-electron chi connectivity index (χ1n) is 7.84. The van der Waals surface area contributed by atoms with E-state index in [1.165, 1.54) is 0 Å². The zero-order valence-electron chi connectivity index (χ0n) is 13.3. The van der Waals surface area contributed by atoms with Gasteiger partial charge < -0.3 is 10.6 Å². The van der Waals surface area contributed by atoms with Crippen molar-refractivity contribution in [2.24, 2.45) is 5.92 Å². The summed E-state index contributed by atoms with van der Waals surface area (Å²) in [5.41, 5.74) is 0.527. The van der Waals surface area contributed by atoms with Gasteiger partial charge in [0.25, 0.3) is 5.91 Å². The number of benzene rings is 1. The van der Waals surface area contributed by atoms with Gasteiger partial charge in [0.1, 0.15) is 12.1 Å². The highest BCUT2D eigenvalue weighted by Gasteiger charge is 2.56. The van der Waals surface area contributed by atoms with Crippen molar-refractivity contribution in [3.05, 3.63) is 29.8 Å². The summed E-state index contributed by atoms with van der Waals surface area (Å²) < 4.78 is 0. The lowest BCUT2D eigenvalue weighted by Crippen LogP contribution is -2.46. The Morgan fingerprint density at radius 3 is 2.62 bits per heavy atom. The SMILES string of the molecule is CC1(C2CC2)NC(=O)N(CC(=O)Nc2ccc(CC#N)cc2)C1=O. The first-order chi connectivity index (χ1) is 11.4. The fourth-order valence-corrected chi connectivity index (χ4v) is 2.94. The number of nitrogens with zero attached hydrogens (tertiary/aromatic N) is 2. The van der Waals surface area contributed by atoms with Gasteiger partial charge in [0.15, 0.2) is 0 Å². The number of carbonyl (C=O) groups is 3. The molecular formula is C17H18N4O3. The summed E-state index contributed by atoms with van der Waals surface area (Å²) in [5, 5.41) is 14.0. The fourth-order valence-electron chi connectivity index (χ4n) is 2.94. The lowest BCUT2D eigenvalue weighted by atomic mass is 9.96. The summed E-state index contributed by atoms with van der Waals surface area (Å²) >= 11 is 0. The Morgan fingerprint density at radius 2 is 2.04 bits per heavy atom. The first kappa shape index (κ1) is 16.0. The Kier molecular flexibility index (Phi) is 3.97. The molecule has 0 bridgehead atoms. The van der Waals surface area contributed by atoms with Gasteiger partial charge in [-0.2, -0.15) is 5.26 Å². The van der Waals surface area contributed by atoms with Gasteiger partial charge >= 0.3 is 6.03 Å². The standard InChI is InChI=1S/C17H18N4O3/c1-17(12-4-5-12)15(23)21(16(24)20-17)10-14(22)19-13-6-2-11(3-7-13)8-9-18/h2-3,6-7,12H,4-5,8,10H2,1H3,(H,19,22)(H,20,24). The normalized spacial score (nSPS) is 22.9. The van der Waals surface area contributed by atoms with Crippen LogP contribution in [-0.4, -0.2) is 34.8 Å². The second kappa shape index (κ2) is 5.96. The number of anilines is 1. The lowest BCUT2D eigenvalue weighted by molar-refractivity contribution is -0.134. The quantitative estimate of drug-likeness (QED) is 0.799. The fraction of sp³-hybridized carbons (Fsp3) is 0.412. The molecule has 3 rings (SSSR count). The maximum atomic E-state index is 12.5. The van der Waals surface area contributed by atoms with Gasteiger partial charge in [-0.3, -0.25) is 14.5 Å². The molecule has 124 valence electrons. The molecule has 1 heterocycles.